The number of rotatable bonds is 4. The van der Waals surface area contributed by atoms with Gasteiger partial charge in [0.25, 0.3) is 5.56 Å². The summed E-state index contributed by atoms with van der Waals surface area (Å²) in [7, 11) is 1.73. The quantitative estimate of drug-likeness (QED) is 0.569. The Balaban J connectivity index is 1.19. The predicted octanol–water partition coefficient (Wildman–Crippen LogP) is 3.16. The highest BCUT2D eigenvalue weighted by Gasteiger charge is 2.42. The zero-order chi connectivity index (χ0) is 23.9. The molecule has 3 aromatic rings. The lowest BCUT2D eigenvalue weighted by atomic mass is 9.79. The van der Waals surface area contributed by atoms with E-state index in [0.29, 0.717) is 26.9 Å². The van der Waals surface area contributed by atoms with Gasteiger partial charge in [0.15, 0.2) is 5.65 Å². The molecule has 2 aliphatic rings. The zero-order valence-electron chi connectivity index (χ0n) is 19.0. The highest BCUT2D eigenvalue weighted by molar-refractivity contribution is 6.42. The molecule has 180 valence electrons. The molecule has 2 aliphatic heterocycles. The van der Waals surface area contributed by atoms with Crippen LogP contribution in [-0.2, 0) is 20.1 Å². The fourth-order valence-electron chi connectivity index (χ4n) is 5.21. The van der Waals surface area contributed by atoms with Gasteiger partial charge < -0.3 is 15.2 Å². The fraction of sp³-hybridized carbons (Fsp3) is 0.478. The minimum atomic E-state index is -0.257. The highest BCUT2D eigenvalue weighted by Crippen LogP contribution is 2.39. The molecule has 5 rings (SSSR count). The number of halogens is 2. The van der Waals surface area contributed by atoms with Gasteiger partial charge in [-0.05, 0) is 43.5 Å². The second kappa shape index (κ2) is 9.20. The van der Waals surface area contributed by atoms with Crippen molar-refractivity contribution in [2.24, 2.45) is 12.5 Å². The van der Waals surface area contributed by atoms with Crippen LogP contribution in [0.5, 0.6) is 0 Å². The van der Waals surface area contributed by atoms with Crippen molar-refractivity contribution >= 4 is 40.3 Å². The summed E-state index contributed by atoms with van der Waals surface area (Å²) in [6.07, 6.45) is 4.64. The van der Waals surface area contributed by atoms with Gasteiger partial charge in [-0.1, -0.05) is 29.3 Å². The number of urea groups is 1. The molecule has 0 radical (unpaired) electrons. The van der Waals surface area contributed by atoms with Crippen molar-refractivity contribution < 1.29 is 4.79 Å². The van der Waals surface area contributed by atoms with Crippen LogP contribution in [0.1, 0.15) is 30.7 Å². The number of nitrogens with zero attached hydrogens (tertiary/aromatic N) is 5. The predicted molar refractivity (Wildman–Crippen MR) is 131 cm³/mol. The molecule has 0 saturated carbocycles. The van der Waals surface area contributed by atoms with Crippen molar-refractivity contribution in [3.05, 3.63) is 56.2 Å². The maximum absolute atomic E-state index is 13.0. The van der Waals surface area contributed by atoms with Crippen LogP contribution in [0.2, 0.25) is 10.0 Å². The number of nitrogens with one attached hydrogen (secondary N) is 2. The lowest BCUT2D eigenvalue weighted by Crippen LogP contribution is -2.50. The third-order valence-corrected chi connectivity index (χ3v) is 7.65. The number of aromatic amines is 1. The van der Waals surface area contributed by atoms with Crippen molar-refractivity contribution in [2.75, 3.05) is 26.2 Å². The van der Waals surface area contributed by atoms with Crippen molar-refractivity contribution in [2.45, 2.75) is 32.4 Å². The molecule has 1 aromatic carbocycles. The van der Waals surface area contributed by atoms with Crippen LogP contribution in [-0.4, -0.2) is 61.8 Å². The van der Waals surface area contributed by atoms with E-state index in [1.54, 1.807) is 11.7 Å². The number of H-pyrrole nitrogens is 1. The Labute approximate surface area is 207 Å². The van der Waals surface area contributed by atoms with E-state index in [2.05, 4.69) is 25.3 Å². The number of aromatic nitrogens is 4. The molecular weight excluding hydrogens is 477 g/mol. The topological polar surface area (TPSA) is 99.1 Å². The molecule has 0 aliphatic carbocycles. The minimum Gasteiger partial charge on any atom is -0.331 e. The van der Waals surface area contributed by atoms with E-state index in [1.807, 2.05) is 23.1 Å². The van der Waals surface area contributed by atoms with Crippen LogP contribution in [0, 0.1) is 5.41 Å². The molecular formula is C23H27Cl2N7O2. The molecule has 2 fully saturated rings. The van der Waals surface area contributed by atoms with Crippen LogP contribution < -0.4 is 10.9 Å². The Kier molecular flexibility index (Phi) is 6.26. The molecule has 1 spiro atoms. The first-order valence-electron chi connectivity index (χ1n) is 11.4. The van der Waals surface area contributed by atoms with Crippen LogP contribution in [0.15, 0.2) is 29.2 Å². The van der Waals surface area contributed by atoms with E-state index in [1.165, 1.54) is 6.20 Å². The molecule has 11 heteroatoms. The van der Waals surface area contributed by atoms with Gasteiger partial charge in [-0.3, -0.25) is 14.4 Å². The summed E-state index contributed by atoms with van der Waals surface area (Å²) in [6.45, 7) is 4.36. The molecule has 2 saturated heterocycles. The van der Waals surface area contributed by atoms with Gasteiger partial charge in [0, 0.05) is 38.6 Å². The number of piperidine rings is 1. The van der Waals surface area contributed by atoms with Gasteiger partial charge in [-0.2, -0.15) is 5.10 Å². The molecule has 0 bridgehead atoms. The van der Waals surface area contributed by atoms with Crippen LogP contribution >= 0.6 is 23.2 Å². The van der Waals surface area contributed by atoms with Crippen LogP contribution in [0.3, 0.4) is 0 Å². The molecule has 2 N–H and O–H groups in total. The number of hydrogen-bond acceptors (Lipinski definition) is 5. The SMILES string of the molecule is Cn1ncc2c(=O)[nH]c(CNC(=O)N3CCCC4(CCN(Cc5ccc(Cl)c(Cl)c5)C4)C3)nc21. The number of carbonyl (C=O) groups excluding carboxylic acids is 1. The normalized spacial score (nSPS) is 21.0. The molecule has 2 amide bonds. The Morgan fingerprint density at radius 2 is 2.06 bits per heavy atom. The number of hydrogen-bond donors (Lipinski definition) is 2. The maximum atomic E-state index is 13.0. The molecule has 1 unspecified atom stereocenters. The Morgan fingerprint density at radius 1 is 1.21 bits per heavy atom. The smallest absolute Gasteiger partial charge is 0.317 e. The van der Waals surface area contributed by atoms with Crippen molar-refractivity contribution in [1.82, 2.24) is 34.9 Å². The van der Waals surface area contributed by atoms with E-state index in [0.717, 1.165) is 57.5 Å². The first-order chi connectivity index (χ1) is 16.3. The van der Waals surface area contributed by atoms with Crippen molar-refractivity contribution in [1.29, 1.82) is 0 Å². The fourth-order valence-corrected chi connectivity index (χ4v) is 5.53. The van der Waals surface area contributed by atoms with Gasteiger partial charge in [-0.15, -0.1) is 0 Å². The first kappa shape index (κ1) is 23.1. The average Bonchev–Trinajstić information content (AvgIpc) is 3.38. The number of likely N-dealkylation sites (tertiary alicyclic amines) is 2. The summed E-state index contributed by atoms with van der Waals surface area (Å²) >= 11 is 12.2. The summed E-state index contributed by atoms with van der Waals surface area (Å²) in [5.74, 6) is 0.412. The second-order valence-electron chi connectivity index (χ2n) is 9.41. The summed E-state index contributed by atoms with van der Waals surface area (Å²) in [5.41, 5.74) is 1.49. The van der Waals surface area contributed by atoms with Gasteiger partial charge in [0.1, 0.15) is 11.2 Å². The lowest BCUT2D eigenvalue weighted by molar-refractivity contribution is 0.107. The van der Waals surface area contributed by atoms with Gasteiger partial charge in [-0.25, -0.2) is 9.78 Å². The average molecular weight is 504 g/mol. The van der Waals surface area contributed by atoms with Crippen molar-refractivity contribution in [3.8, 4) is 0 Å². The number of carbonyl (C=O) groups is 1. The van der Waals surface area contributed by atoms with E-state index in [4.69, 9.17) is 23.2 Å². The molecule has 2 aromatic heterocycles. The molecule has 9 nitrogen and oxygen atoms in total. The monoisotopic (exact) mass is 503 g/mol. The van der Waals surface area contributed by atoms with E-state index >= 15 is 0 Å². The first-order valence-corrected chi connectivity index (χ1v) is 12.2. The van der Waals surface area contributed by atoms with E-state index in [-0.39, 0.29) is 23.6 Å². The van der Waals surface area contributed by atoms with E-state index in [9.17, 15) is 9.59 Å². The third-order valence-electron chi connectivity index (χ3n) is 6.91. The maximum Gasteiger partial charge on any atom is 0.317 e. The molecule has 34 heavy (non-hydrogen) atoms. The largest absolute Gasteiger partial charge is 0.331 e. The third kappa shape index (κ3) is 4.64. The molecule has 4 heterocycles. The van der Waals surface area contributed by atoms with E-state index < -0.39 is 0 Å². The summed E-state index contributed by atoms with van der Waals surface area (Å²) < 4.78 is 1.55. The Bertz CT molecular complexity index is 1290. The summed E-state index contributed by atoms with van der Waals surface area (Å²) in [4.78, 5) is 36.7. The van der Waals surface area contributed by atoms with Crippen LogP contribution in [0.4, 0.5) is 4.79 Å². The second-order valence-corrected chi connectivity index (χ2v) is 10.2. The molecule has 1 atom stereocenters. The van der Waals surface area contributed by atoms with Gasteiger partial charge in [0.05, 0.1) is 22.8 Å². The minimum absolute atomic E-state index is 0.103. The summed E-state index contributed by atoms with van der Waals surface area (Å²) in [6, 6.07) is 5.65. The number of aryl methyl sites for hydroxylation is 1. The van der Waals surface area contributed by atoms with Gasteiger partial charge in [0.2, 0.25) is 0 Å². The number of amides is 2. The Morgan fingerprint density at radius 3 is 2.88 bits per heavy atom. The highest BCUT2D eigenvalue weighted by atomic mass is 35.5. The van der Waals surface area contributed by atoms with Crippen molar-refractivity contribution in [3.63, 3.8) is 0 Å². The lowest BCUT2D eigenvalue weighted by Gasteiger charge is -2.40. The number of fused-ring (bicyclic) bond motifs is 1. The number of benzene rings is 1. The Hall–Kier alpha value is -2.62. The van der Waals surface area contributed by atoms with Crippen LogP contribution in [0.25, 0.3) is 11.0 Å². The zero-order valence-corrected chi connectivity index (χ0v) is 20.5. The summed E-state index contributed by atoms with van der Waals surface area (Å²) in [5, 5.41) is 8.57. The van der Waals surface area contributed by atoms with Gasteiger partial charge >= 0.3 is 6.03 Å². The standard InChI is InChI=1S/C23H27Cl2N7O2/c1-30-20-16(10-27-30)21(33)29-19(28-20)11-26-22(34)32-7-2-5-23(14-32)6-8-31(13-23)12-15-3-4-17(24)18(25)9-15/h3-4,9-10H,2,5-8,11-14H2,1H3,(H,26,34)(H,28,29,33).